The molecule has 2 heterocycles. The van der Waals surface area contributed by atoms with Crippen molar-refractivity contribution in [3.8, 4) is 0 Å². The van der Waals surface area contributed by atoms with Crippen LogP contribution < -0.4 is 4.83 Å². The third kappa shape index (κ3) is 4.15. The Hall–Kier alpha value is -2.41. The quantitative estimate of drug-likeness (QED) is 0.595. The van der Waals surface area contributed by atoms with E-state index in [-0.39, 0.29) is 10.4 Å². The Bertz CT molecular complexity index is 1350. The second-order valence-corrected chi connectivity index (χ2v) is 10.9. The number of benzene rings is 2. The van der Waals surface area contributed by atoms with Gasteiger partial charge in [-0.2, -0.15) is 13.2 Å². The highest BCUT2D eigenvalue weighted by atomic mass is 32.2. The smallest absolute Gasteiger partial charge is 0.240 e. The summed E-state index contributed by atoms with van der Waals surface area (Å²) in [5.74, 6) is 0. The van der Waals surface area contributed by atoms with E-state index in [1.165, 1.54) is 29.3 Å². The van der Waals surface area contributed by atoms with Gasteiger partial charge in [0.25, 0.3) is 20.0 Å². The first-order valence-corrected chi connectivity index (χ1v) is 12.7. The van der Waals surface area contributed by atoms with E-state index in [9.17, 15) is 30.0 Å². The van der Waals surface area contributed by atoms with E-state index in [2.05, 4.69) is 4.83 Å². The van der Waals surface area contributed by atoms with Gasteiger partial charge in [-0.15, -0.1) is 4.83 Å². The van der Waals surface area contributed by atoms with Gasteiger partial charge in [-0.25, -0.2) is 25.8 Å². The standard InChI is InChI=1S/C20H20F3N3O4S2/c21-20(22,23)16-10-7-11-17-19(16)18(31(27,28)24-25-12-5-2-6-13-25)14-26(17)32(29,30)15-8-3-1-4-9-15/h1,3-4,7-11,14,24H,2,5-6,12-13H2. The fraction of sp³-hybridized carbons (Fsp3) is 0.300. The van der Waals surface area contributed by atoms with Crippen LogP contribution in [0.2, 0.25) is 0 Å². The zero-order valence-electron chi connectivity index (χ0n) is 16.7. The van der Waals surface area contributed by atoms with Gasteiger partial charge in [0.2, 0.25) is 0 Å². The second-order valence-electron chi connectivity index (χ2n) is 7.45. The molecule has 4 rings (SSSR count). The third-order valence-electron chi connectivity index (χ3n) is 5.26. The number of halogens is 3. The fourth-order valence-corrected chi connectivity index (χ4v) is 6.57. The van der Waals surface area contributed by atoms with Crippen molar-refractivity contribution in [3.05, 3.63) is 60.3 Å². The average molecular weight is 488 g/mol. The van der Waals surface area contributed by atoms with Crippen molar-refractivity contribution in [1.29, 1.82) is 0 Å². The lowest BCUT2D eigenvalue weighted by Crippen LogP contribution is -2.44. The molecule has 12 heteroatoms. The van der Waals surface area contributed by atoms with Crippen molar-refractivity contribution in [1.82, 2.24) is 13.8 Å². The van der Waals surface area contributed by atoms with Crippen LogP contribution in [0.25, 0.3) is 10.9 Å². The van der Waals surface area contributed by atoms with Gasteiger partial charge in [0.05, 0.1) is 16.0 Å². The van der Waals surface area contributed by atoms with E-state index in [1.807, 2.05) is 0 Å². The highest BCUT2D eigenvalue weighted by Gasteiger charge is 2.38. The number of rotatable bonds is 5. The maximum Gasteiger partial charge on any atom is 0.417 e. The van der Waals surface area contributed by atoms with Crippen LogP contribution in [-0.4, -0.2) is 38.9 Å². The number of nitrogens with one attached hydrogen (secondary N) is 1. The monoisotopic (exact) mass is 487 g/mol. The van der Waals surface area contributed by atoms with E-state index in [0.29, 0.717) is 17.1 Å². The van der Waals surface area contributed by atoms with Gasteiger partial charge >= 0.3 is 6.18 Å². The van der Waals surface area contributed by atoms with Gasteiger partial charge in [0.15, 0.2) is 0 Å². The van der Waals surface area contributed by atoms with Gasteiger partial charge in [-0.05, 0) is 37.1 Å². The summed E-state index contributed by atoms with van der Waals surface area (Å²) < 4.78 is 94.6. The predicted molar refractivity (Wildman–Crippen MR) is 112 cm³/mol. The maximum absolute atomic E-state index is 13.8. The van der Waals surface area contributed by atoms with E-state index < -0.39 is 42.1 Å². The Labute approximate surface area is 183 Å². The zero-order chi connectivity index (χ0) is 23.1. The topological polar surface area (TPSA) is 88.5 Å². The minimum Gasteiger partial charge on any atom is -0.240 e. The SMILES string of the molecule is O=S(=O)(NN1CCCCC1)c1cn(S(=O)(=O)c2ccccc2)c2cccc(C(F)(F)F)c12. The molecule has 1 N–H and O–H groups in total. The molecule has 1 aliphatic heterocycles. The van der Waals surface area contributed by atoms with E-state index in [0.717, 1.165) is 43.7 Å². The number of hydrazine groups is 1. The van der Waals surface area contributed by atoms with Crippen LogP contribution in [0.15, 0.2) is 64.5 Å². The van der Waals surface area contributed by atoms with E-state index >= 15 is 0 Å². The first kappa shape index (κ1) is 22.8. The molecular formula is C20H20F3N3O4S2. The van der Waals surface area contributed by atoms with E-state index in [1.54, 1.807) is 6.07 Å². The molecule has 7 nitrogen and oxygen atoms in total. The minimum absolute atomic E-state index is 0.178. The second kappa shape index (κ2) is 8.18. The van der Waals surface area contributed by atoms with Crippen molar-refractivity contribution >= 4 is 30.9 Å². The van der Waals surface area contributed by atoms with Crippen molar-refractivity contribution in [3.63, 3.8) is 0 Å². The maximum atomic E-state index is 13.8. The Kier molecular flexibility index (Phi) is 5.82. The van der Waals surface area contributed by atoms with Crippen molar-refractivity contribution in [2.45, 2.75) is 35.2 Å². The lowest BCUT2D eigenvalue weighted by molar-refractivity contribution is -0.136. The molecule has 2 aromatic carbocycles. The number of hydrogen-bond acceptors (Lipinski definition) is 5. The Morgan fingerprint density at radius 2 is 1.50 bits per heavy atom. The molecule has 1 aromatic heterocycles. The van der Waals surface area contributed by atoms with Crippen LogP contribution in [0.3, 0.4) is 0 Å². The number of sulfonamides is 1. The number of nitrogens with zero attached hydrogens (tertiary/aromatic N) is 2. The summed E-state index contributed by atoms with van der Waals surface area (Å²) in [7, 11) is -8.86. The molecule has 0 saturated carbocycles. The summed E-state index contributed by atoms with van der Waals surface area (Å²) >= 11 is 0. The first-order valence-electron chi connectivity index (χ1n) is 9.81. The number of aromatic nitrogens is 1. The number of fused-ring (bicyclic) bond motifs is 1. The minimum atomic E-state index is -4.89. The molecule has 0 spiro atoms. The summed E-state index contributed by atoms with van der Waals surface area (Å²) in [5.41, 5.74) is -1.60. The Morgan fingerprint density at radius 3 is 2.12 bits per heavy atom. The van der Waals surface area contributed by atoms with E-state index in [4.69, 9.17) is 0 Å². The van der Waals surface area contributed by atoms with Crippen LogP contribution in [0.1, 0.15) is 24.8 Å². The summed E-state index contributed by atoms with van der Waals surface area (Å²) in [5, 5.41) is 0.730. The van der Waals surface area contributed by atoms with Gasteiger partial charge in [-0.1, -0.05) is 30.7 Å². The van der Waals surface area contributed by atoms with Crippen LogP contribution >= 0.6 is 0 Å². The molecule has 1 fully saturated rings. The van der Waals surface area contributed by atoms with Gasteiger partial charge in [0, 0.05) is 24.7 Å². The molecule has 0 aliphatic carbocycles. The number of alkyl halides is 3. The van der Waals surface area contributed by atoms with Crippen molar-refractivity contribution in [2.24, 2.45) is 0 Å². The van der Waals surface area contributed by atoms with Crippen LogP contribution in [-0.2, 0) is 26.2 Å². The zero-order valence-corrected chi connectivity index (χ0v) is 18.3. The molecule has 1 saturated heterocycles. The average Bonchev–Trinajstić information content (AvgIpc) is 3.15. The summed E-state index contributed by atoms with van der Waals surface area (Å²) in [6.07, 6.45) is -1.75. The normalized spacial score (nSPS) is 16.5. The largest absolute Gasteiger partial charge is 0.417 e. The Morgan fingerprint density at radius 1 is 0.844 bits per heavy atom. The molecule has 0 atom stereocenters. The first-order chi connectivity index (χ1) is 15.0. The lowest BCUT2D eigenvalue weighted by atomic mass is 10.1. The van der Waals surface area contributed by atoms with Gasteiger partial charge < -0.3 is 0 Å². The molecule has 172 valence electrons. The predicted octanol–water partition coefficient (Wildman–Crippen LogP) is 3.58. The van der Waals surface area contributed by atoms with Crippen molar-refractivity contribution in [2.75, 3.05) is 13.1 Å². The third-order valence-corrected chi connectivity index (χ3v) is 8.34. The van der Waals surface area contributed by atoms with Crippen LogP contribution in [0.4, 0.5) is 13.2 Å². The molecule has 3 aromatic rings. The molecule has 0 unspecified atom stereocenters. The summed E-state index contributed by atoms with van der Waals surface area (Å²) in [4.78, 5) is 1.39. The van der Waals surface area contributed by atoms with Crippen LogP contribution in [0, 0.1) is 0 Å². The molecular weight excluding hydrogens is 467 g/mol. The number of hydrogen-bond donors (Lipinski definition) is 1. The van der Waals surface area contributed by atoms with Gasteiger partial charge in [-0.3, -0.25) is 0 Å². The molecule has 0 bridgehead atoms. The highest BCUT2D eigenvalue weighted by molar-refractivity contribution is 7.90. The lowest BCUT2D eigenvalue weighted by Gasteiger charge is -2.26. The summed E-state index contributed by atoms with van der Waals surface area (Å²) in [6.45, 7) is 0.818. The van der Waals surface area contributed by atoms with Crippen LogP contribution in [0.5, 0.6) is 0 Å². The molecule has 1 aliphatic rings. The fourth-order valence-electron chi connectivity index (χ4n) is 3.77. The molecule has 32 heavy (non-hydrogen) atoms. The molecule has 0 radical (unpaired) electrons. The highest BCUT2D eigenvalue weighted by Crippen LogP contribution is 2.39. The van der Waals surface area contributed by atoms with Crippen molar-refractivity contribution < 1.29 is 30.0 Å². The summed E-state index contributed by atoms with van der Waals surface area (Å²) in [6, 6.07) is 10.0. The van der Waals surface area contributed by atoms with Gasteiger partial charge in [0.1, 0.15) is 4.90 Å². The number of piperidine rings is 1. The Balaban J connectivity index is 1.97. The molecule has 0 amide bonds.